The number of carbonyl (C=O) groups excluding carboxylic acids is 2. The number of morpholine rings is 1. The van der Waals surface area contributed by atoms with Crippen molar-refractivity contribution >= 4 is 39.7 Å². The van der Waals surface area contributed by atoms with Crippen molar-refractivity contribution in [1.82, 2.24) is 40.0 Å². The second-order valence-electron chi connectivity index (χ2n) is 9.35. The standard InChI is InChI=1S/C26H25N9O3/c1-14(2)25(36)30-17-9-15(11-27-13-17)16-10-19-21(33-34-22(19)29-12-16)24-31-20-18(3-4-28-23(20)32-24)26(37)35-5-7-38-8-6-35/h3-4,9-14H,5-8H2,1-2H3,(H,30,36)(H,28,31,32)(H,29,33,34). The molecule has 6 rings (SSSR count). The van der Waals surface area contributed by atoms with E-state index in [4.69, 9.17) is 4.74 Å². The molecule has 0 bridgehead atoms. The molecule has 1 saturated heterocycles. The van der Waals surface area contributed by atoms with E-state index in [-0.39, 0.29) is 17.7 Å². The van der Waals surface area contributed by atoms with Crippen LogP contribution in [0.5, 0.6) is 0 Å². The van der Waals surface area contributed by atoms with E-state index in [2.05, 4.69) is 40.4 Å². The van der Waals surface area contributed by atoms with E-state index < -0.39 is 0 Å². The molecule has 1 aliphatic rings. The lowest BCUT2D eigenvalue weighted by Gasteiger charge is -2.26. The Balaban J connectivity index is 1.36. The molecule has 5 aromatic rings. The van der Waals surface area contributed by atoms with E-state index in [1.165, 1.54) is 0 Å². The summed E-state index contributed by atoms with van der Waals surface area (Å²) in [7, 11) is 0. The van der Waals surface area contributed by atoms with Crippen LogP contribution in [0.2, 0.25) is 0 Å². The first-order valence-electron chi connectivity index (χ1n) is 12.3. The Bertz CT molecular complexity index is 1670. The third-order valence-corrected chi connectivity index (χ3v) is 6.43. The van der Waals surface area contributed by atoms with Gasteiger partial charge in [-0.25, -0.2) is 15.0 Å². The fraction of sp³-hybridized carbons (Fsp3) is 0.269. The Kier molecular flexibility index (Phi) is 6.00. The van der Waals surface area contributed by atoms with Gasteiger partial charge < -0.3 is 19.9 Å². The zero-order valence-electron chi connectivity index (χ0n) is 20.9. The average molecular weight is 512 g/mol. The van der Waals surface area contributed by atoms with E-state index in [1.54, 1.807) is 35.8 Å². The number of aromatic amines is 2. The van der Waals surface area contributed by atoms with Gasteiger partial charge in [-0.15, -0.1) is 0 Å². The number of anilines is 1. The number of carbonyl (C=O) groups is 2. The Morgan fingerprint density at radius 1 is 1.05 bits per heavy atom. The lowest BCUT2D eigenvalue weighted by molar-refractivity contribution is -0.118. The first-order chi connectivity index (χ1) is 18.5. The molecule has 1 fully saturated rings. The van der Waals surface area contributed by atoms with Crippen LogP contribution in [0.15, 0.2) is 43.0 Å². The van der Waals surface area contributed by atoms with Crippen molar-refractivity contribution in [3.8, 4) is 22.6 Å². The summed E-state index contributed by atoms with van der Waals surface area (Å²) in [6, 6.07) is 5.49. The number of nitrogens with one attached hydrogen (secondary N) is 3. The van der Waals surface area contributed by atoms with Crippen LogP contribution in [0.1, 0.15) is 24.2 Å². The Hall–Kier alpha value is -4.71. The number of ether oxygens (including phenoxy) is 1. The second-order valence-corrected chi connectivity index (χ2v) is 9.35. The topological polar surface area (TPSA) is 155 Å². The number of H-pyrrole nitrogens is 2. The van der Waals surface area contributed by atoms with Crippen LogP contribution in [-0.2, 0) is 9.53 Å². The van der Waals surface area contributed by atoms with E-state index >= 15 is 0 Å². The van der Waals surface area contributed by atoms with Gasteiger partial charge in [0, 0.05) is 48.7 Å². The van der Waals surface area contributed by atoms with Gasteiger partial charge in [-0.1, -0.05) is 13.8 Å². The molecule has 0 saturated carbocycles. The second kappa shape index (κ2) is 9.63. The van der Waals surface area contributed by atoms with Crippen LogP contribution in [0.25, 0.3) is 44.8 Å². The number of hydrogen-bond donors (Lipinski definition) is 3. The molecule has 0 aromatic carbocycles. The molecule has 3 N–H and O–H groups in total. The van der Waals surface area contributed by atoms with Gasteiger partial charge in [0.2, 0.25) is 5.91 Å². The van der Waals surface area contributed by atoms with E-state index in [1.807, 2.05) is 26.0 Å². The van der Waals surface area contributed by atoms with Gasteiger partial charge in [-0.05, 0) is 18.2 Å². The van der Waals surface area contributed by atoms with E-state index in [0.29, 0.717) is 65.9 Å². The highest BCUT2D eigenvalue weighted by Crippen LogP contribution is 2.30. The molecular formula is C26H25N9O3. The fourth-order valence-electron chi connectivity index (χ4n) is 4.34. The number of rotatable bonds is 5. The number of imidazole rings is 1. The molecule has 1 aliphatic heterocycles. The summed E-state index contributed by atoms with van der Waals surface area (Å²) < 4.78 is 5.38. The minimum Gasteiger partial charge on any atom is -0.378 e. The van der Waals surface area contributed by atoms with Crippen molar-refractivity contribution in [1.29, 1.82) is 0 Å². The van der Waals surface area contributed by atoms with Gasteiger partial charge in [0.15, 0.2) is 17.1 Å². The monoisotopic (exact) mass is 511 g/mol. The zero-order chi connectivity index (χ0) is 26.2. The minimum atomic E-state index is -0.145. The van der Waals surface area contributed by atoms with Crippen LogP contribution in [0.3, 0.4) is 0 Å². The molecule has 0 aliphatic carbocycles. The largest absolute Gasteiger partial charge is 0.378 e. The van der Waals surface area contributed by atoms with Gasteiger partial charge in [-0.3, -0.25) is 19.7 Å². The molecule has 2 amide bonds. The molecule has 0 radical (unpaired) electrons. The highest BCUT2D eigenvalue weighted by molar-refractivity contribution is 6.05. The Morgan fingerprint density at radius 2 is 1.87 bits per heavy atom. The SMILES string of the molecule is CC(C)C(=O)Nc1cncc(-c2cnc3n[nH]c(-c4nc5nccc(C(=O)N6CCOCC6)c5[nH]4)c3c2)c1. The van der Waals surface area contributed by atoms with Gasteiger partial charge in [0.1, 0.15) is 5.69 Å². The van der Waals surface area contributed by atoms with Gasteiger partial charge in [0.05, 0.1) is 41.6 Å². The Morgan fingerprint density at radius 3 is 2.68 bits per heavy atom. The van der Waals surface area contributed by atoms with Crippen LogP contribution in [0, 0.1) is 5.92 Å². The molecule has 192 valence electrons. The molecule has 0 atom stereocenters. The third kappa shape index (κ3) is 4.34. The molecule has 0 unspecified atom stereocenters. The van der Waals surface area contributed by atoms with Crippen LogP contribution < -0.4 is 5.32 Å². The summed E-state index contributed by atoms with van der Waals surface area (Å²) in [6.45, 7) is 5.79. The van der Waals surface area contributed by atoms with Crippen LogP contribution in [-0.4, -0.2) is 78.1 Å². The number of aromatic nitrogens is 7. The number of hydrogen-bond acceptors (Lipinski definition) is 8. The minimum absolute atomic E-state index is 0.0837. The smallest absolute Gasteiger partial charge is 0.256 e. The molecule has 12 nitrogen and oxygen atoms in total. The molecule has 6 heterocycles. The number of pyridine rings is 3. The number of fused-ring (bicyclic) bond motifs is 2. The molecule has 38 heavy (non-hydrogen) atoms. The average Bonchev–Trinajstić information content (AvgIpc) is 3.57. The van der Waals surface area contributed by atoms with E-state index in [9.17, 15) is 9.59 Å². The van der Waals surface area contributed by atoms with Crippen molar-refractivity contribution in [2.75, 3.05) is 31.6 Å². The lowest BCUT2D eigenvalue weighted by Crippen LogP contribution is -2.40. The normalized spacial score (nSPS) is 13.9. The highest BCUT2D eigenvalue weighted by atomic mass is 16.5. The maximum absolute atomic E-state index is 13.2. The highest BCUT2D eigenvalue weighted by Gasteiger charge is 2.23. The predicted molar refractivity (Wildman–Crippen MR) is 140 cm³/mol. The molecule has 12 heteroatoms. The lowest BCUT2D eigenvalue weighted by atomic mass is 10.1. The summed E-state index contributed by atoms with van der Waals surface area (Å²) in [6.07, 6.45) is 6.61. The van der Waals surface area contributed by atoms with Crippen molar-refractivity contribution in [2.45, 2.75) is 13.8 Å². The van der Waals surface area contributed by atoms with Crippen molar-refractivity contribution in [3.63, 3.8) is 0 Å². The van der Waals surface area contributed by atoms with Crippen molar-refractivity contribution < 1.29 is 14.3 Å². The maximum atomic E-state index is 13.2. The van der Waals surface area contributed by atoms with E-state index in [0.717, 1.165) is 16.5 Å². The summed E-state index contributed by atoms with van der Waals surface area (Å²) in [5, 5.41) is 11.0. The first-order valence-corrected chi connectivity index (χ1v) is 12.3. The number of nitrogens with zero attached hydrogens (tertiary/aromatic N) is 6. The summed E-state index contributed by atoms with van der Waals surface area (Å²) in [5.41, 5.74) is 4.82. The summed E-state index contributed by atoms with van der Waals surface area (Å²) in [5.74, 6) is 0.172. The fourth-order valence-corrected chi connectivity index (χ4v) is 4.34. The Labute approximate surface area is 216 Å². The summed E-state index contributed by atoms with van der Waals surface area (Å²) in [4.78, 5) is 48.1. The number of amides is 2. The van der Waals surface area contributed by atoms with Crippen LogP contribution >= 0.6 is 0 Å². The quantitative estimate of drug-likeness (QED) is 0.325. The first kappa shape index (κ1) is 23.7. The summed E-state index contributed by atoms with van der Waals surface area (Å²) >= 11 is 0. The predicted octanol–water partition coefficient (Wildman–Crippen LogP) is 3.03. The molecule has 0 spiro atoms. The molecular weight excluding hydrogens is 486 g/mol. The van der Waals surface area contributed by atoms with Gasteiger partial charge >= 0.3 is 0 Å². The maximum Gasteiger partial charge on any atom is 0.256 e. The van der Waals surface area contributed by atoms with Gasteiger partial charge in [0.25, 0.3) is 5.91 Å². The molecule has 5 aromatic heterocycles. The third-order valence-electron chi connectivity index (χ3n) is 6.43. The van der Waals surface area contributed by atoms with Crippen LogP contribution in [0.4, 0.5) is 5.69 Å². The van der Waals surface area contributed by atoms with Crippen molar-refractivity contribution in [2.24, 2.45) is 5.92 Å². The van der Waals surface area contributed by atoms with Gasteiger partial charge in [-0.2, -0.15) is 5.10 Å². The zero-order valence-corrected chi connectivity index (χ0v) is 20.9. The van der Waals surface area contributed by atoms with Crippen molar-refractivity contribution in [3.05, 3.63) is 48.5 Å².